The maximum Gasteiger partial charge on any atom is 0.202 e. The summed E-state index contributed by atoms with van der Waals surface area (Å²) in [6.45, 7) is 8.77. The number of aryl methyl sites for hydroxylation is 1. The van der Waals surface area contributed by atoms with E-state index in [1.165, 1.54) is 25.9 Å². The molecule has 20 heavy (non-hydrogen) atoms. The number of aromatic nitrogens is 3. The highest BCUT2D eigenvalue weighted by Gasteiger charge is 2.17. The molecule has 3 rings (SSSR count). The fourth-order valence-electron chi connectivity index (χ4n) is 3.07. The molecule has 0 spiro atoms. The smallest absolute Gasteiger partial charge is 0.202 e. The van der Waals surface area contributed by atoms with Gasteiger partial charge in [0.05, 0.1) is 0 Å². The molecule has 0 bridgehead atoms. The second kappa shape index (κ2) is 5.40. The second-order valence-corrected chi connectivity index (χ2v) is 5.99. The van der Waals surface area contributed by atoms with Crippen molar-refractivity contribution in [2.24, 2.45) is 5.92 Å². The van der Waals surface area contributed by atoms with Gasteiger partial charge in [0.15, 0.2) is 5.65 Å². The Kier molecular flexibility index (Phi) is 3.61. The van der Waals surface area contributed by atoms with Gasteiger partial charge in [-0.15, -0.1) is 0 Å². The lowest BCUT2D eigenvalue weighted by atomic mass is 10.1. The highest BCUT2D eigenvalue weighted by atomic mass is 15.2. The lowest BCUT2D eigenvalue weighted by Gasteiger charge is -2.21. The van der Waals surface area contributed by atoms with E-state index in [1.54, 1.807) is 0 Å². The highest BCUT2D eigenvalue weighted by Crippen LogP contribution is 2.19. The normalized spacial score (nSPS) is 17.9. The van der Waals surface area contributed by atoms with Crippen LogP contribution in [0.3, 0.4) is 0 Å². The molecular formula is C15H23N5. The number of imidazole rings is 1. The first-order valence-corrected chi connectivity index (χ1v) is 7.45. The highest BCUT2D eigenvalue weighted by molar-refractivity contribution is 5.74. The number of hydrogen-bond acceptors (Lipinski definition) is 4. The Balaban J connectivity index is 1.78. The standard InChI is InChI=1S/C15H23N5/c1-11(9-19-7-3-4-8-19)10-20-14-13(18-15(20)16)6-5-12(2)17-14/h5-6,11H,3-4,7-10H2,1-2H3,(H2,16,18). The minimum atomic E-state index is 0.551. The minimum absolute atomic E-state index is 0.551. The molecule has 108 valence electrons. The molecule has 1 aliphatic heterocycles. The van der Waals surface area contributed by atoms with Crippen LogP contribution in [0.1, 0.15) is 25.5 Å². The van der Waals surface area contributed by atoms with Gasteiger partial charge in [-0.25, -0.2) is 9.97 Å². The number of likely N-dealkylation sites (tertiary alicyclic amines) is 1. The third-order valence-corrected chi connectivity index (χ3v) is 4.02. The molecule has 2 aromatic rings. The number of nitrogen functional groups attached to an aromatic ring is 1. The third-order valence-electron chi connectivity index (χ3n) is 4.02. The van der Waals surface area contributed by atoms with Gasteiger partial charge in [0.25, 0.3) is 0 Å². The first-order valence-electron chi connectivity index (χ1n) is 7.45. The molecule has 2 aromatic heterocycles. The van der Waals surface area contributed by atoms with Crippen molar-refractivity contribution in [1.29, 1.82) is 0 Å². The predicted molar refractivity (Wildman–Crippen MR) is 81.5 cm³/mol. The molecule has 0 amide bonds. The minimum Gasteiger partial charge on any atom is -0.369 e. The second-order valence-electron chi connectivity index (χ2n) is 5.99. The molecule has 3 heterocycles. The van der Waals surface area contributed by atoms with E-state index in [4.69, 9.17) is 5.73 Å². The van der Waals surface area contributed by atoms with E-state index >= 15 is 0 Å². The number of rotatable bonds is 4. The van der Waals surface area contributed by atoms with Crippen LogP contribution in [0.15, 0.2) is 12.1 Å². The van der Waals surface area contributed by atoms with E-state index in [9.17, 15) is 0 Å². The maximum atomic E-state index is 6.06. The van der Waals surface area contributed by atoms with Crippen LogP contribution in [-0.2, 0) is 6.54 Å². The fraction of sp³-hybridized carbons (Fsp3) is 0.600. The molecule has 2 N–H and O–H groups in total. The Morgan fingerprint density at radius 3 is 2.70 bits per heavy atom. The Bertz CT molecular complexity index is 598. The van der Waals surface area contributed by atoms with Crippen LogP contribution in [0.5, 0.6) is 0 Å². The summed E-state index contributed by atoms with van der Waals surface area (Å²) in [6, 6.07) is 3.97. The van der Waals surface area contributed by atoms with Crippen LogP contribution in [-0.4, -0.2) is 39.1 Å². The molecule has 1 aliphatic rings. The van der Waals surface area contributed by atoms with Crippen LogP contribution in [0.2, 0.25) is 0 Å². The van der Waals surface area contributed by atoms with Crippen molar-refractivity contribution in [3.8, 4) is 0 Å². The van der Waals surface area contributed by atoms with Gasteiger partial charge >= 0.3 is 0 Å². The summed E-state index contributed by atoms with van der Waals surface area (Å²) in [6.07, 6.45) is 2.67. The molecule has 0 saturated carbocycles. The first-order chi connectivity index (χ1) is 9.63. The lowest BCUT2D eigenvalue weighted by molar-refractivity contribution is 0.273. The summed E-state index contributed by atoms with van der Waals surface area (Å²) in [5, 5.41) is 0. The number of hydrogen-bond donors (Lipinski definition) is 1. The number of pyridine rings is 1. The van der Waals surface area contributed by atoms with Crippen molar-refractivity contribution < 1.29 is 0 Å². The number of anilines is 1. The molecule has 1 unspecified atom stereocenters. The van der Waals surface area contributed by atoms with E-state index in [1.807, 2.05) is 19.1 Å². The summed E-state index contributed by atoms with van der Waals surface area (Å²) < 4.78 is 2.06. The summed E-state index contributed by atoms with van der Waals surface area (Å²) in [5.74, 6) is 1.13. The van der Waals surface area contributed by atoms with Gasteiger partial charge in [-0.3, -0.25) is 4.57 Å². The molecule has 0 aromatic carbocycles. The average molecular weight is 273 g/mol. The van der Waals surface area contributed by atoms with Crippen LogP contribution in [0.25, 0.3) is 11.2 Å². The zero-order chi connectivity index (χ0) is 14.1. The van der Waals surface area contributed by atoms with Crippen molar-refractivity contribution in [3.63, 3.8) is 0 Å². The molecule has 0 radical (unpaired) electrons. The Hall–Kier alpha value is -1.62. The Morgan fingerprint density at radius 1 is 1.20 bits per heavy atom. The fourth-order valence-corrected chi connectivity index (χ4v) is 3.07. The van der Waals surface area contributed by atoms with E-state index in [2.05, 4.69) is 26.4 Å². The van der Waals surface area contributed by atoms with Crippen molar-refractivity contribution in [2.45, 2.75) is 33.2 Å². The Labute approximate surface area is 119 Å². The molecule has 5 nitrogen and oxygen atoms in total. The van der Waals surface area contributed by atoms with Crippen molar-refractivity contribution in [1.82, 2.24) is 19.4 Å². The van der Waals surface area contributed by atoms with E-state index in [0.29, 0.717) is 11.9 Å². The van der Waals surface area contributed by atoms with Gasteiger partial charge in [-0.05, 0) is 50.9 Å². The van der Waals surface area contributed by atoms with E-state index in [0.717, 1.165) is 29.9 Å². The Morgan fingerprint density at radius 2 is 1.95 bits per heavy atom. The molecule has 1 fully saturated rings. The summed E-state index contributed by atoms with van der Waals surface area (Å²) in [7, 11) is 0. The van der Waals surface area contributed by atoms with E-state index in [-0.39, 0.29) is 0 Å². The lowest BCUT2D eigenvalue weighted by Crippen LogP contribution is -2.27. The zero-order valence-corrected chi connectivity index (χ0v) is 12.3. The van der Waals surface area contributed by atoms with Gasteiger partial charge in [0.2, 0.25) is 5.95 Å². The molecule has 5 heteroatoms. The van der Waals surface area contributed by atoms with Crippen LogP contribution in [0, 0.1) is 12.8 Å². The maximum absolute atomic E-state index is 6.06. The van der Waals surface area contributed by atoms with Crippen molar-refractivity contribution in [3.05, 3.63) is 17.8 Å². The number of nitrogens with two attached hydrogens (primary N) is 1. The first kappa shape index (κ1) is 13.4. The molecule has 0 aliphatic carbocycles. The molecule has 1 saturated heterocycles. The summed E-state index contributed by atoms with van der Waals surface area (Å²) in [4.78, 5) is 11.5. The average Bonchev–Trinajstić information content (AvgIpc) is 3.00. The largest absolute Gasteiger partial charge is 0.369 e. The molecular weight excluding hydrogens is 250 g/mol. The van der Waals surface area contributed by atoms with Crippen LogP contribution in [0.4, 0.5) is 5.95 Å². The number of nitrogens with zero attached hydrogens (tertiary/aromatic N) is 4. The van der Waals surface area contributed by atoms with Crippen molar-refractivity contribution >= 4 is 17.1 Å². The van der Waals surface area contributed by atoms with Crippen LogP contribution < -0.4 is 5.73 Å². The summed E-state index contributed by atoms with van der Waals surface area (Å²) >= 11 is 0. The van der Waals surface area contributed by atoms with Gasteiger partial charge in [0, 0.05) is 18.8 Å². The molecule has 1 atom stereocenters. The third kappa shape index (κ3) is 2.63. The topological polar surface area (TPSA) is 60.0 Å². The van der Waals surface area contributed by atoms with Crippen molar-refractivity contribution in [2.75, 3.05) is 25.4 Å². The zero-order valence-electron chi connectivity index (χ0n) is 12.3. The number of fused-ring (bicyclic) bond motifs is 1. The van der Waals surface area contributed by atoms with Gasteiger partial charge in [-0.2, -0.15) is 0 Å². The summed E-state index contributed by atoms with van der Waals surface area (Å²) in [5.41, 5.74) is 8.87. The SMILES string of the molecule is Cc1ccc2nc(N)n(CC(C)CN3CCCC3)c2n1. The quantitative estimate of drug-likeness (QED) is 0.926. The predicted octanol–water partition coefficient (Wildman–Crippen LogP) is 2.05. The van der Waals surface area contributed by atoms with Gasteiger partial charge in [0.1, 0.15) is 5.52 Å². The monoisotopic (exact) mass is 273 g/mol. The van der Waals surface area contributed by atoms with E-state index < -0.39 is 0 Å². The van der Waals surface area contributed by atoms with Crippen LogP contribution >= 0.6 is 0 Å². The van der Waals surface area contributed by atoms with Gasteiger partial charge < -0.3 is 10.6 Å². The van der Waals surface area contributed by atoms with Gasteiger partial charge in [-0.1, -0.05) is 6.92 Å².